The van der Waals surface area contributed by atoms with E-state index >= 15 is 0 Å². The molecule has 1 N–H and O–H groups in total. The first kappa shape index (κ1) is 16.6. The zero-order valence-electron chi connectivity index (χ0n) is 14.0. The van der Waals surface area contributed by atoms with E-state index in [2.05, 4.69) is 18.7 Å². The molecule has 0 spiro atoms. The van der Waals surface area contributed by atoms with Crippen molar-refractivity contribution in [3.05, 3.63) is 23.8 Å². The Balaban J connectivity index is 1.43. The summed E-state index contributed by atoms with van der Waals surface area (Å²) in [7, 11) is 0. The first-order valence-electron chi connectivity index (χ1n) is 8.53. The fourth-order valence-electron chi connectivity index (χ4n) is 3.47. The molecule has 1 fully saturated rings. The molecule has 2 aliphatic heterocycles. The standard InChI is InChI=1S/C18H27NO4/c1-13-4-3-5-14(2)19(13)9-16(20)11-21-10-15-6-7-17-18(8-15)23-12-22-17/h6-8,13-14,16,20H,3-5,9-12H2,1-2H3/t13-,14-,16-/m0/s1. The van der Waals surface area contributed by atoms with Gasteiger partial charge in [-0.05, 0) is 44.4 Å². The van der Waals surface area contributed by atoms with Crippen LogP contribution in [0.15, 0.2) is 18.2 Å². The van der Waals surface area contributed by atoms with Crippen LogP contribution in [0.2, 0.25) is 0 Å². The van der Waals surface area contributed by atoms with Crippen molar-refractivity contribution in [2.45, 2.75) is 57.9 Å². The summed E-state index contributed by atoms with van der Waals surface area (Å²) in [5.74, 6) is 1.55. The highest BCUT2D eigenvalue weighted by molar-refractivity contribution is 5.44. The number of hydrogen-bond donors (Lipinski definition) is 1. The maximum absolute atomic E-state index is 10.3. The number of benzene rings is 1. The first-order valence-corrected chi connectivity index (χ1v) is 8.53. The molecule has 3 atom stereocenters. The van der Waals surface area contributed by atoms with Gasteiger partial charge in [0.05, 0.1) is 19.3 Å². The third-order valence-electron chi connectivity index (χ3n) is 4.81. The Kier molecular flexibility index (Phi) is 5.41. The second-order valence-corrected chi connectivity index (χ2v) is 6.68. The summed E-state index contributed by atoms with van der Waals surface area (Å²) in [4.78, 5) is 2.40. The predicted octanol–water partition coefficient (Wildman–Crippen LogP) is 2.56. The molecule has 1 aromatic carbocycles. The number of fused-ring (bicyclic) bond motifs is 1. The Morgan fingerprint density at radius 2 is 1.96 bits per heavy atom. The van der Waals surface area contributed by atoms with E-state index in [4.69, 9.17) is 14.2 Å². The van der Waals surface area contributed by atoms with Crippen LogP contribution in [-0.4, -0.2) is 48.1 Å². The summed E-state index contributed by atoms with van der Waals surface area (Å²) in [6.45, 7) is 6.28. The Labute approximate surface area is 138 Å². The molecule has 128 valence electrons. The molecule has 5 nitrogen and oxygen atoms in total. The Hall–Kier alpha value is -1.30. The van der Waals surface area contributed by atoms with E-state index in [-0.39, 0.29) is 6.79 Å². The molecule has 23 heavy (non-hydrogen) atoms. The molecule has 0 amide bonds. The van der Waals surface area contributed by atoms with E-state index < -0.39 is 6.10 Å². The third-order valence-corrected chi connectivity index (χ3v) is 4.81. The van der Waals surface area contributed by atoms with Crippen molar-refractivity contribution in [1.29, 1.82) is 0 Å². The lowest BCUT2D eigenvalue weighted by Gasteiger charge is -2.40. The number of ether oxygens (including phenoxy) is 3. The van der Waals surface area contributed by atoms with Crippen molar-refractivity contribution >= 4 is 0 Å². The molecule has 3 rings (SSSR count). The minimum atomic E-state index is -0.452. The van der Waals surface area contributed by atoms with E-state index in [1.807, 2.05) is 18.2 Å². The quantitative estimate of drug-likeness (QED) is 0.873. The summed E-state index contributed by atoms with van der Waals surface area (Å²) in [6, 6.07) is 6.89. The van der Waals surface area contributed by atoms with Crippen LogP contribution in [-0.2, 0) is 11.3 Å². The molecule has 1 saturated heterocycles. The van der Waals surface area contributed by atoms with Gasteiger partial charge in [0.15, 0.2) is 11.5 Å². The van der Waals surface area contributed by atoms with Crippen LogP contribution in [0.3, 0.4) is 0 Å². The number of aliphatic hydroxyl groups is 1. The number of hydrogen-bond acceptors (Lipinski definition) is 5. The maximum Gasteiger partial charge on any atom is 0.231 e. The van der Waals surface area contributed by atoms with Crippen LogP contribution >= 0.6 is 0 Å². The van der Waals surface area contributed by atoms with E-state index in [9.17, 15) is 5.11 Å². The van der Waals surface area contributed by atoms with Crippen molar-refractivity contribution in [2.75, 3.05) is 19.9 Å². The number of rotatable bonds is 6. The van der Waals surface area contributed by atoms with Gasteiger partial charge >= 0.3 is 0 Å². The van der Waals surface area contributed by atoms with Crippen molar-refractivity contribution in [2.24, 2.45) is 0 Å². The molecule has 0 aromatic heterocycles. The van der Waals surface area contributed by atoms with Gasteiger partial charge in [-0.1, -0.05) is 12.5 Å². The van der Waals surface area contributed by atoms with Gasteiger partial charge in [-0.3, -0.25) is 4.90 Å². The van der Waals surface area contributed by atoms with Gasteiger partial charge < -0.3 is 19.3 Å². The van der Waals surface area contributed by atoms with Crippen LogP contribution < -0.4 is 9.47 Å². The predicted molar refractivity (Wildman–Crippen MR) is 87.7 cm³/mol. The van der Waals surface area contributed by atoms with Crippen molar-refractivity contribution < 1.29 is 19.3 Å². The molecule has 5 heteroatoms. The number of aliphatic hydroxyl groups excluding tert-OH is 1. The van der Waals surface area contributed by atoms with E-state index in [0.29, 0.717) is 31.8 Å². The summed E-state index contributed by atoms with van der Waals surface area (Å²) < 4.78 is 16.3. The van der Waals surface area contributed by atoms with Crippen molar-refractivity contribution in [3.63, 3.8) is 0 Å². The fraction of sp³-hybridized carbons (Fsp3) is 0.667. The number of likely N-dealkylation sites (tertiary alicyclic amines) is 1. The monoisotopic (exact) mass is 321 g/mol. The van der Waals surface area contributed by atoms with E-state index in [1.54, 1.807) is 0 Å². The minimum Gasteiger partial charge on any atom is -0.454 e. The molecule has 0 saturated carbocycles. The largest absolute Gasteiger partial charge is 0.454 e. The molecule has 2 aliphatic rings. The highest BCUT2D eigenvalue weighted by atomic mass is 16.7. The second kappa shape index (κ2) is 7.51. The van der Waals surface area contributed by atoms with Gasteiger partial charge in [-0.25, -0.2) is 0 Å². The zero-order chi connectivity index (χ0) is 16.2. The number of piperidine rings is 1. The first-order chi connectivity index (χ1) is 11.1. The van der Waals surface area contributed by atoms with Gasteiger partial charge in [0.2, 0.25) is 6.79 Å². The SMILES string of the molecule is C[C@H]1CCC[C@H](C)N1C[C@H](O)COCc1ccc2c(c1)OCO2. The summed E-state index contributed by atoms with van der Waals surface area (Å²) in [5.41, 5.74) is 1.03. The summed E-state index contributed by atoms with van der Waals surface area (Å²) >= 11 is 0. The molecule has 0 bridgehead atoms. The van der Waals surface area contributed by atoms with Crippen molar-refractivity contribution in [1.82, 2.24) is 4.90 Å². The van der Waals surface area contributed by atoms with Gasteiger partial charge in [0.1, 0.15) is 0 Å². The molecule has 0 unspecified atom stereocenters. The smallest absolute Gasteiger partial charge is 0.231 e. The molecule has 1 aromatic rings. The minimum absolute atomic E-state index is 0.282. The van der Waals surface area contributed by atoms with Crippen LogP contribution in [0.5, 0.6) is 11.5 Å². The Bertz CT molecular complexity index is 512. The molecular weight excluding hydrogens is 294 g/mol. The van der Waals surface area contributed by atoms with Gasteiger partial charge in [-0.2, -0.15) is 0 Å². The molecular formula is C18H27NO4. The van der Waals surface area contributed by atoms with Crippen molar-refractivity contribution in [3.8, 4) is 11.5 Å². The lowest BCUT2D eigenvalue weighted by Crippen LogP contribution is -2.48. The van der Waals surface area contributed by atoms with E-state index in [1.165, 1.54) is 19.3 Å². The molecule has 2 heterocycles. The summed E-state index contributed by atoms with van der Waals surface area (Å²) in [5, 5.41) is 10.3. The van der Waals surface area contributed by atoms with Crippen LogP contribution in [0, 0.1) is 0 Å². The number of β-amino-alcohol motifs (C(OH)–C–C–N with tert-alkyl or cyclic N) is 1. The average molecular weight is 321 g/mol. The highest BCUT2D eigenvalue weighted by Gasteiger charge is 2.26. The van der Waals surface area contributed by atoms with Crippen LogP contribution in [0.4, 0.5) is 0 Å². The molecule has 0 aliphatic carbocycles. The van der Waals surface area contributed by atoms with Gasteiger partial charge in [0.25, 0.3) is 0 Å². The topological polar surface area (TPSA) is 51.2 Å². The fourth-order valence-corrected chi connectivity index (χ4v) is 3.47. The van der Waals surface area contributed by atoms with Crippen LogP contribution in [0.25, 0.3) is 0 Å². The summed E-state index contributed by atoms with van der Waals surface area (Å²) in [6.07, 6.45) is 3.27. The number of nitrogens with zero attached hydrogens (tertiary/aromatic N) is 1. The Morgan fingerprint density at radius 3 is 2.74 bits per heavy atom. The molecule has 0 radical (unpaired) electrons. The normalized spacial score (nSPS) is 25.5. The van der Waals surface area contributed by atoms with Gasteiger partial charge in [0, 0.05) is 18.6 Å². The highest BCUT2D eigenvalue weighted by Crippen LogP contribution is 2.32. The van der Waals surface area contributed by atoms with Crippen LogP contribution in [0.1, 0.15) is 38.7 Å². The van der Waals surface area contributed by atoms with E-state index in [0.717, 1.165) is 17.1 Å². The zero-order valence-corrected chi connectivity index (χ0v) is 14.0. The lowest BCUT2D eigenvalue weighted by atomic mass is 9.97. The lowest BCUT2D eigenvalue weighted by molar-refractivity contribution is -0.0135. The van der Waals surface area contributed by atoms with Gasteiger partial charge in [-0.15, -0.1) is 0 Å². The average Bonchev–Trinajstić information content (AvgIpc) is 2.99. The maximum atomic E-state index is 10.3. The third kappa shape index (κ3) is 4.16. The second-order valence-electron chi connectivity index (χ2n) is 6.68. The Morgan fingerprint density at radius 1 is 1.22 bits per heavy atom.